The van der Waals surface area contributed by atoms with Crippen LogP contribution in [0.3, 0.4) is 0 Å². The summed E-state index contributed by atoms with van der Waals surface area (Å²) >= 11 is 0. The standard InChI is InChI=1S/C14H25N3O/c1-12-4-5-13(18-12)14(2,3)10-16-11-17-8-6-15-7-9-17/h4-5,15-16H,6-11H2,1-3H3. The molecule has 0 saturated carbocycles. The van der Waals surface area contributed by atoms with E-state index < -0.39 is 0 Å². The van der Waals surface area contributed by atoms with Crippen molar-refractivity contribution in [2.24, 2.45) is 0 Å². The van der Waals surface area contributed by atoms with Crippen molar-refractivity contribution in [3.63, 3.8) is 0 Å². The molecule has 0 bridgehead atoms. The highest BCUT2D eigenvalue weighted by atomic mass is 16.3. The monoisotopic (exact) mass is 251 g/mol. The van der Waals surface area contributed by atoms with Gasteiger partial charge >= 0.3 is 0 Å². The Morgan fingerprint density at radius 3 is 2.67 bits per heavy atom. The number of hydrogen-bond donors (Lipinski definition) is 2. The van der Waals surface area contributed by atoms with E-state index in [1.807, 2.05) is 13.0 Å². The summed E-state index contributed by atoms with van der Waals surface area (Å²) in [6.07, 6.45) is 0. The number of furan rings is 1. The van der Waals surface area contributed by atoms with E-state index in [9.17, 15) is 0 Å². The summed E-state index contributed by atoms with van der Waals surface area (Å²) in [6, 6.07) is 4.12. The van der Waals surface area contributed by atoms with Gasteiger partial charge in [-0.25, -0.2) is 0 Å². The highest BCUT2D eigenvalue weighted by Gasteiger charge is 2.24. The minimum Gasteiger partial charge on any atom is -0.466 e. The lowest BCUT2D eigenvalue weighted by atomic mass is 9.90. The van der Waals surface area contributed by atoms with Crippen LogP contribution in [0.5, 0.6) is 0 Å². The van der Waals surface area contributed by atoms with Crippen LogP contribution in [-0.4, -0.2) is 44.3 Å². The molecule has 2 heterocycles. The van der Waals surface area contributed by atoms with Gasteiger partial charge in [0.2, 0.25) is 0 Å². The Morgan fingerprint density at radius 2 is 2.06 bits per heavy atom. The molecule has 0 unspecified atom stereocenters. The molecule has 1 aromatic heterocycles. The fourth-order valence-electron chi connectivity index (χ4n) is 2.28. The molecular formula is C14H25N3O. The summed E-state index contributed by atoms with van der Waals surface area (Å²) in [6.45, 7) is 12.8. The summed E-state index contributed by atoms with van der Waals surface area (Å²) in [5.41, 5.74) is 0.0439. The smallest absolute Gasteiger partial charge is 0.111 e. The average molecular weight is 251 g/mol. The molecule has 1 aromatic rings. The van der Waals surface area contributed by atoms with Gasteiger partial charge in [-0.2, -0.15) is 0 Å². The molecule has 102 valence electrons. The lowest BCUT2D eigenvalue weighted by molar-refractivity contribution is 0.214. The molecule has 0 aliphatic carbocycles. The van der Waals surface area contributed by atoms with Gasteiger partial charge in [0.1, 0.15) is 11.5 Å². The van der Waals surface area contributed by atoms with Gasteiger partial charge in [-0.05, 0) is 19.1 Å². The van der Waals surface area contributed by atoms with E-state index in [-0.39, 0.29) is 5.41 Å². The lowest BCUT2D eigenvalue weighted by Gasteiger charge is -2.29. The average Bonchev–Trinajstić information content (AvgIpc) is 2.78. The van der Waals surface area contributed by atoms with Gasteiger partial charge < -0.3 is 15.1 Å². The van der Waals surface area contributed by atoms with Crippen LogP contribution in [0.2, 0.25) is 0 Å². The number of piperazine rings is 1. The summed E-state index contributed by atoms with van der Waals surface area (Å²) in [5, 5.41) is 6.91. The molecule has 0 aromatic carbocycles. The summed E-state index contributed by atoms with van der Waals surface area (Å²) in [7, 11) is 0. The molecule has 4 nitrogen and oxygen atoms in total. The highest BCUT2D eigenvalue weighted by molar-refractivity contribution is 5.15. The second-order valence-electron chi connectivity index (χ2n) is 5.75. The Labute approximate surface area is 110 Å². The van der Waals surface area contributed by atoms with Crippen LogP contribution in [0.4, 0.5) is 0 Å². The molecule has 0 amide bonds. The van der Waals surface area contributed by atoms with Gasteiger partial charge in [-0.3, -0.25) is 4.90 Å². The topological polar surface area (TPSA) is 40.4 Å². The molecule has 18 heavy (non-hydrogen) atoms. The van der Waals surface area contributed by atoms with Gasteiger partial charge in [0.15, 0.2) is 0 Å². The normalized spacial score (nSPS) is 18.2. The number of nitrogens with zero attached hydrogens (tertiary/aromatic N) is 1. The number of hydrogen-bond acceptors (Lipinski definition) is 4. The number of nitrogens with one attached hydrogen (secondary N) is 2. The molecule has 1 saturated heterocycles. The molecule has 0 atom stereocenters. The highest BCUT2D eigenvalue weighted by Crippen LogP contribution is 2.24. The van der Waals surface area contributed by atoms with Crippen molar-refractivity contribution in [2.45, 2.75) is 26.2 Å². The SMILES string of the molecule is Cc1ccc(C(C)(C)CNCN2CCNCC2)o1. The van der Waals surface area contributed by atoms with E-state index in [2.05, 4.69) is 35.4 Å². The van der Waals surface area contributed by atoms with Crippen molar-refractivity contribution in [1.82, 2.24) is 15.5 Å². The first-order chi connectivity index (χ1) is 8.58. The van der Waals surface area contributed by atoms with Crippen molar-refractivity contribution in [1.29, 1.82) is 0 Å². The lowest BCUT2D eigenvalue weighted by Crippen LogP contribution is -2.48. The Hall–Kier alpha value is -0.840. The van der Waals surface area contributed by atoms with Crippen molar-refractivity contribution in [3.8, 4) is 0 Å². The quantitative estimate of drug-likeness (QED) is 0.828. The first-order valence-corrected chi connectivity index (χ1v) is 6.79. The van der Waals surface area contributed by atoms with Crippen molar-refractivity contribution >= 4 is 0 Å². The van der Waals surface area contributed by atoms with Gasteiger partial charge in [0, 0.05) is 44.8 Å². The molecule has 2 rings (SSSR count). The number of rotatable bonds is 5. The van der Waals surface area contributed by atoms with E-state index >= 15 is 0 Å². The maximum absolute atomic E-state index is 5.73. The molecular weight excluding hydrogens is 226 g/mol. The number of aryl methyl sites for hydroxylation is 1. The van der Waals surface area contributed by atoms with Crippen LogP contribution in [0.1, 0.15) is 25.4 Å². The second-order valence-corrected chi connectivity index (χ2v) is 5.75. The molecule has 1 fully saturated rings. The van der Waals surface area contributed by atoms with Crippen LogP contribution >= 0.6 is 0 Å². The Bertz CT molecular complexity index is 367. The third-order valence-electron chi connectivity index (χ3n) is 3.52. The predicted octanol–water partition coefficient (Wildman–Crippen LogP) is 1.32. The van der Waals surface area contributed by atoms with Crippen molar-refractivity contribution < 1.29 is 4.42 Å². The van der Waals surface area contributed by atoms with Gasteiger partial charge in [-0.1, -0.05) is 13.8 Å². The summed E-state index contributed by atoms with van der Waals surface area (Å²) in [5.74, 6) is 2.05. The molecule has 4 heteroatoms. The van der Waals surface area contributed by atoms with Gasteiger partial charge in [0.05, 0.1) is 0 Å². The molecule has 1 aliphatic heterocycles. The first-order valence-electron chi connectivity index (χ1n) is 6.79. The van der Waals surface area contributed by atoms with Crippen molar-refractivity contribution in [2.75, 3.05) is 39.4 Å². The minimum absolute atomic E-state index is 0.0439. The van der Waals surface area contributed by atoms with E-state index in [0.717, 1.165) is 50.9 Å². The van der Waals surface area contributed by atoms with Crippen LogP contribution in [-0.2, 0) is 5.41 Å². The van der Waals surface area contributed by atoms with E-state index in [1.165, 1.54) is 0 Å². The van der Waals surface area contributed by atoms with Crippen molar-refractivity contribution in [3.05, 3.63) is 23.7 Å². The van der Waals surface area contributed by atoms with Gasteiger partial charge in [0.25, 0.3) is 0 Å². The van der Waals surface area contributed by atoms with E-state index in [0.29, 0.717) is 0 Å². The summed E-state index contributed by atoms with van der Waals surface area (Å²) < 4.78 is 5.73. The first kappa shape index (κ1) is 13.6. The third kappa shape index (κ3) is 3.57. The zero-order valence-corrected chi connectivity index (χ0v) is 11.8. The minimum atomic E-state index is 0.0439. The fraction of sp³-hybridized carbons (Fsp3) is 0.714. The zero-order chi connectivity index (χ0) is 13.0. The molecule has 0 spiro atoms. The summed E-state index contributed by atoms with van der Waals surface area (Å²) in [4.78, 5) is 2.44. The molecule has 0 radical (unpaired) electrons. The maximum atomic E-state index is 5.73. The second kappa shape index (κ2) is 5.87. The zero-order valence-electron chi connectivity index (χ0n) is 11.8. The Morgan fingerprint density at radius 1 is 1.33 bits per heavy atom. The maximum Gasteiger partial charge on any atom is 0.111 e. The molecule has 2 N–H and O–H groups in total. The molecule has 1 aliphatic rings. The van der Waals surface area contributed by atoms with E-state index in [4.69, 9.17) is 4.42 Å². The fourth-order valence-corrected chi connectivity index (χ4v) is 2.28. The van der Waals surface area contributed by atoms with E-state index in [1.54, 1.807) is 0 Å². The van der Waals surface area contributed by atoms with Crippen LogP contribution in [0.25, 0.3) is 0 Å². The largest absolute Gasteiger partial charge is 0.466 e. The Kier molecular flexibility index (Phi) is 4.43. The predicted molar refractivity (Wildman–Crippen MR) is 73.8 cm³/mol. The van der Waals surface area contributed by atoms with Crippen LogP contribution in [0.15, 0.2) is 16.5 Å². The van der Waals surface area contributed by atoms with Gasteiger partial charge in [-0.15, -0.1) is 0 Å². The Balaban J connectivity index is 1.78. The van der Waals surface area contributed by atoms with Crippen LogP contribution < -0.4 is 10.6 Å². The van der Waals surface area contributed by atoms with Crippen LogP contribution in [0, 0.1) is 6.92 Å². The third-order valence-corrected chi connectivity index (χ3v) is 3.52.